The molecule has 2 aromatic carbocycles. The average Bonchev–Trinajstić information content (AvgIpc) is 2.40. The number of ether oxygens (including phenoxy) is 1. The highest BCUT2D eigenvalue weighted by molar-refractivity contribution is 9.10. The third-order valence-corrected chi connectivity index (χ3v) is 4.21. The van der Waals surface area contributed by atoms with Crippen LogP contribution in [0.4, 0.5) is 0 Å². The first-order valence-corrected chi connectivity index (χ1v) is 7.19. The van der Waals surface area contributed by atoms with Gasteiger partial charge in [-0.15, -0.1) is 0 Å². The molecule has 0 bridgehead atoms. The number of methoxy groups -OCH3 is 1. The lowest BCUT2D eigenvalue weighted by atomic mass is 9.96. The van der Waals surface area contributed by atoms with Gasteiger partial charge in [0.05, 0.1) is 12.7 Å². The highest BCUT2D eigenvalue weighted by Crippen LogP contribution is 2.29. The van der Waals surface area contributed by atoms with Crippen molar-refractivity contribution in [3.8, 4) is 5.75 Å². The fourth-order valence-corrected chi connectivity index (χ4v) is 2.56. The summed E-state index contributed by atoms with van der Waals surface area (Å²) in [6.07, 6.45) is 0. The Labute approximate surface area is 127 Å². The van der Waals surface area contributed by atoms with Gasteiger partial charge in [-0.2, -0.15) is 0 Å². The van der Waals surface area contributed by atoms with Gasteiger partial charge >= 0.3 is 0 Å². The van der Waals surface area contributed by atoms with Crippen LogP contribution in [0, 0.1) is 20.8 Å². The molecule has 20 heavy (non-hydrogen) atoms. The van der Waals surface area contributed by atoms with Gasteiger partial charge in [0.2, 0.25) is 0 Å². The molecule has 0 aliphatic carbocycles. The molecular formula is C17H17BrO2. The van der Waals surface area contributed by atoms with Crippen LogP contribution in [-0.4, -0.2) is 12.9 Å². The van der Waals surface area contributed by atoms with Gasteiger partial charge in [0.1, 0.15) is 5.75 Å². The predicted molar refractivity (Wildman–Crippen MR) is 84.8 cm³/mol. The zero-order valence-corrected chi connectivity index (χ0v) is 13.7. The normalized spacial score (nSPS) is 10.4. The van der Waals surface area contributed by atoms with Crippen molar-refractivity contribution < 1.29 is 9.53 Å². The Morgan fingerprint density at radius 2 is 1.70 bits per heavy atom. The van der Waals surface area contributed by atoms with Crippen molar-refractivity contribution >= 4 is 21.7 Å². The van der Waals surface area contributed by atoms with Gasteiger partial charge in [-0.1, -0.05) is 39.7 Å². The first kappa shape index (κ1) is 14.8. The van der Waals surface area contributed by atoms with Gasteiger partial charge in [-0.05, 0) is 44.0 Å². The fraction of sp³-hybridized carbons (Fsp3) is 0.235. The Hall–Kier alpha value is -1.61. The molecule has 104 valence electrons. The van der Waals surface area contributed by atoms with Crippen molar-refractivity contribution in [3.63, 3.8) is 0 Å². The molecule has 2 rings (SSSR count). The van der Waals surface area contributed by atoms with E-state index < -0.39 is 0 Å². The molecule has 0 fully saturated rings. The van der Waals surface area contributed by atoms with Gasteiger partial charge in [-0.3, -0.25) is 4.79 Å². The number of rotatable bonds is 3. The zero-order valence-electron chi connectivity index (χ0n) is 12.1. The monoisotopic (exact) mass is 332 g/mol. The van der Waals surface area contributed by atoms with Crippen molar-refractivity contribution in [3.05, 3.63) is 62.6 Å². The summed E-state index contributed by atoms with van der Waals surface area (Å²) in [6, 6.07) is 9.55. The van der Waals surface area contributed by atoms with E-state index in [2.05, 4.69) is 15.9 Å². The molecule has 0 aliphatic rings. The molecule has 0 amide bonds. The van der Waals surface area contributed by atoms with Crippen LogP contribution in [0.3, 0.4) is 0 Å². The molecule has 0 saturated heterocycles. The zero-order chi connectivity index (χ0) is 14.9. The second-order valence-corrected chi connectivity index (χ2v) is 5.80. The maximum absolute atomic E-state index is 12.7. The lowest BCUT2D eigenvalue weighted by Crippen LogP contribution is -2.06. The van der Waals surface area contributed by atoms with E-state index in [4.69, 9.17) is 4.74 Å². The third-order valence-electron chi connectivity index (χ3n) is 3.35. The highest BCUT2D eigenvalue weighted by Gasteiger charge is 2.17. The van der Waals surface area contributed by atoms with Crippen LogP contribution in [-0.2, 0) is 0 Å². The largest absolute Gasteiger partial charge is 0.496 e. The van der Waals surface area contributed by atoms with Crippen LogP contribution in [0.15, 0.2) is 34.8 Å². The van der Waals surface area contributed by atoms with E-state index in [0.29, 0.717) is 16.9 Å². The summed E-state index contributed by atoms with van der Waals surface area (Å²) >= 11 is 3.47. The molecule has 0 unspecified atom stereocenters. The molecule has 0 atom stereocenters. The molecule has 0 N–H and O–H groups in total. The number of hydrogen-bond acceptors (Lipinski definition) is 2. The summed E-state index contributed by atoms with van der Waals surface area (Å²) in [5.41, 5.74) is 4.46. The lowest BCUT2D eigenvalue weighted by molar-refractivity contribution is 0.103. The maximum atomic E-state index is 12.7. The molecule has 3 heteroatoms. The smallest absolute Gasteiger partial charge is 0.197 e. The Kier molecular flexibility index (Phi) is 4.29. The lowest BCUT2D eigenvalue weighted by Gasteiger charge is -2.12. The Bertz CT molecular complexity index is 675. The number of aryl methyl sites for hydroxylation is 3. The van der Waals surface area contributed by atoms with Crippen LogP contribution in [0.25, 0.3) is 0 Å². The fourth-order valence-electron chi connectivity index (χ4n) is 2.21. The van der Waals surface area contributed by atoms with E-state index in [1.165, 1.54) is 0 Å². The molecule has 0 aromatic heterocycles. The second kappa shape index (κ2) is 5.80. The Morgan fingerprint density at radius 1 is 1.00 bits per heavy atom. The van der Waals surface area contributed by atoms with Gasteiger partial charge < -0.3 is 4.74 Å². The average molecular weight is 333 g/mol. The first-order chi connectivity index (χ1) is 9.43. The van der Waals surface area contributed by atoms with E-state index in [1.54, 1.807) is 7.11 Å². The number of halogens is 1. The highest BCUT2D eigenvalue weighted by atomic mass is 79.9. The van der Waals surface area contributed by atoms with E-state index in [-0.39, 0.29) is 5.78 Å². The summed E-state index contributed by atoms with van der Waals surface area (Å²) in [6.45, 7) is 5.94. The number of carbonyl (C=O) groups is 1. The quantitative estimate of drug-likeness (QED) is 0.767. The van der Waals surface area contributed by atoms with E-state index in [0.717, 1.165) is 21.2 Å². The summed E-state index contributed by atoms with van der Waals surface area (Å²) in [5, 5.41) is 0. The Balaban J connectivity index is 2.55. The summed E-state index contributed by atoms with van der Waals surface area (Å²) in [4.78, 5) is 12.7. The SMILES string of the molecule is COc1cc(C)c(Br)cc1C(=O)c1ccc(C)cc1C. The number of benzene rings is 2. The van der Waals surface area contributed by atoms with E-state index >= 15 is 0 Å². The van der Waals surface area contributed by atoms with Crippen LogP contribution in [0.2, 0.25) is 0 Å². The van der Waals surface area contributed by atoms with Gasteiger partial charge in [0, 0.05) is 10.0 Å². The van der Waals surface area contributed by atoms with Gasteiger partial charge in [-0.25, -0.2) is 0 Å². The standard InChI is InChI=1S/C17H17BrO2/c1-10-5-6-13(11(2)7-10)17(19)14-9-15(18)12(3)8-16(14)20-4/h5-9H,1-4H3. The van der Waals surface area contributed by atoms with Crippen molar-refractivity contribution in [2.45, 2.75) is 20.8 Å². The molecule has 0 heterocycles. The van der Waals surface area contributed by atoms with Crippen molar-refractivity contribution in [1.82, 2.24) is 0 Å². The molecule has 2 aromatic rings. The molecule has 2 nitrogen and oxygen atoms in total. The van der Waals surface area contributed by atoms with Crippen LogP contribution < -0.4 is 4.74 Å². The molecule has 0 spiro atoms. The number of carbonyl (C=O) groups excluding carboxylic acids is 1. The van der Waals surface area contributed by atoms with Crippen LogP contribution in [0.5, 0.6) is 5.75 Å². The first-order valence-electron chi connectivity index (χ1n) is 6.40. The number of hydrogen-bond donors (Lipinski definition) is 0. The van der Waals surface area contributed by atoms with Gasteiger partial charge in [0.15, 0.2) is 5.78 Å². The van der Waals surface area contributed by atoms with E-state index in [1.807, 2.05) is 51.1 Å². The molecule has 0 aliphatic heterocycles. The maximum Gasteiger partial charge on any atom is 0.197 e. The topological polar surface area (TPSA) is 26.3 Å². The minimum atomic E-state index is -0.0138. The molecule has 0 radical (unpaired) electrons. The molecule has 0 saturated carbocycles. The van der Waals surface area contributed by atoms with Crippen LogP contribution >= 0.6 is 15.9 Å². The number of ketones is 1. The predicted octanol–water partition coefficient (Wildman–Crippen LogP) is 4.61. The Morgan fingerprint density at radius 3 is 2.30 bits per heavy atom. The van der Waals surface area contributed by atoms with Gasteiger partial charge in [0.25, 0.3) is 0 Å². The third kappa shape index (κ3) is 2.78. The van der Waals surface area contributed by atoms with Crippen molar-refractivity contribution in [2.75, 3.05) is 7.11 Å². The minimum Gasteiger partial charge on any atom is -0.496 e. The minimum absolute atomic E-state index is 0.0138. The summed E-state index contributed by atoms with van der Waals surface area (Å²) < 4.78 is 6.25. The second-order valence-electron chi connectivity index (χ2n) is 4.95. The van der Waals surface area contributed by atoms with Crippen molar-refractivity contribution in [1.29, 1.82) is 0 Å². The van der Waals surface area contributed by atoms with E-state index in [9.17, 15) is 4.79 Å². The van der Waals surface area contributed by atoms with Crippen molar-refractivity contribution in [2.24, 2.45) is 0 Å². The summed E-state index contributed by atoms with van der Waals surface area (Å²) in [5.74, 6) is 0.593. The molecular weight excluding hydrogens is 316 g/mol. The summed E-state index contributed by atoms with van der Waals surface area (Å²) in [7, 11) is 1.58. The van der Waals surface area contributed by atoms with Crippen LogP contribution in [0.1, 0.15) is 32.6 Å².